The first-order valence-electron chi connectivity index (χ1n) is 7.30. The van der Waals surface area contributed by atoms with Crippen LogP contribution in [0.5, 0.6) is 0 Å². The molecule has 1 heterocycles. The van der Waals surface area contributed by atoms with Gasteiger partial charge in [-0.05, 0) is 12.3 Å². The Kier molecular flexibility index (Phi) is 5.85. The predicted molar refractivity (Wildman–Crippen MR) is 83.2 cm³/mol. The molecular formula is C14H26N4O2. The molecule has 1 aromatic heterocycles. The van der Waals surface area contributed by atoms with Gasteiger partial charge in [0, 0.05) is 20.1 Å². The molecule has 114 valence electrons. The van der Waals surface area contributed by atoms with Crippen LogP contribution in [-0.4, -0.2) is 15.7 Å². The molecule has 1 rings (SSSR count). The number of nitrogens with one attached hydrogen (secondary N) is 1. The van der Waals surface area contributed by atoms with Crippen LogP contribution in [0, 0.1) is 5.92 Å². The molecule has 0 saturated carbocycles. The van der Waals surface area contributed by atoms with E-state index >= 15 is 0 Å². The van der Waals surface area contributed by atoms with Gasteiger partial charge in [-0.25, -0.2) is 4.79 Å². The monoisotopic (exact) mass is 282 g/mol. The highest BCUT2D eigenvalue weighted by molar-refractivity contribution is 5.60. The van der Waals surface area contributed by atoms with Gasteiger partial charge in [0.05, 0.1) is 0 Å². The summed E-state index contributed by atoms with van der Waals surface area (Å²) in [4.78, 5) is 24.2. The Bertz CT molecular complexity index is 556. The summed E-state index contributed by atoms with van der Waals surface area (Å²) in [5.41, 5.74) is 5.62. The number of nitrogens with two attached hydrogens (primary N) is 1. The van der Waals surface area contributed by atoms with Crippen LogP contribution >= 0.6 is 0 Å². The molecule has 0 saturated heterocycles. The summed E-state index contributed by atoms with van der Waals surface area (Å²) < 4.78 is 2.57. The second-order valence-corrected chi connectivity index (χ2v) is 5.12. The molecule has 20 heavy (non-hydrogen) atoms. The minimum absolute atomic E-state index is 0.242. The molecule has 0 atom stereocenters. The molecule has 0 spiro atoms. The smallest absolute Gasteiger partial charge is 0.332 e. The van der Waals surface area contributed by atoms with Gasteiger partial charge in [-0.1, -0.05) is 33.6 Å². The molecule has 1 aromatic rings. The van der Waals surface area contributed by atoms with Crippen molar-refractivity contribution in [1.82, 2.24) is 9.13 Å². The predicted octanol–water partition coefficient (Wildman–Crippen LogP) is 1.39. The molecule has 0 aliphatic heterocycles. The highest BCUT2D eigenvalue weighted by Gasteiger charge is 2.15. The van der Waals surface area contributed by atoms with E-state index in [1.165, 1.54) is 11.6 Å². The fourth-order valence-electron chi connectivity index (χ4n) is 2.21. The molecule has 0 aromatic carbocycles. The number of nitrogen functional groups attached to an aromatic ring is 1. The van der Waals surface area contributed by atoms with Gasteiger partial charge in [-0.2, -0.15) is 0 Å². The van der Waals surface area contributed by atoms with Crippen LogP contribution in [0.2, 0.25) is 0 Å². The Balaban J connectivity index is 3.19. The lowest BCUT2D eigenvalue weighted by molar-refractivity contribution is 0.517. The van der Waals surface area contributed by atoms with E-state index < -0.39 is 0 Å². The first-order valence-corrected chi connectivity index (χ1v) is 7.30. The van der Waals surface area contributed by atoms with Crippen LogP contribution in [0.25, 0.3) is 0 Å². The second-order valence-electron chi connectivity index (χ2n) is 5.12. The van der Waals surface area contributed by atoms with Gasteiger partial charge < -0.3 is 11.1 Å². The first kappa shape index (κ1) is 16.3. The first-order chi connectivity index (χ1) is 9.47. The SMILES string of the molecule is CCCn1c(N)c(NCC(CC)CC)c(=O)n(C)c1=O. The molecule has 0 radical (unpaired) electrons. The third kappa shape index (κ3) is 3.23. The number of nitrogens with zero attached hydrogens (tertiary/aromatic N) is 2. The van der Waals surface area contributed by atoms with E-state index in [4.69, 9.17) is 5.73 Å². The molecule has 0 fully saturated rings. The molecule has 6 nitrogen and oxygen atoms in total. The Hall–Kier alpha value is -1.72. The lowest BCUT2D eigenvalue weighted by Crippen LogP contribution is -2.41. The van der Waals surface area contributed by atoms with E-state index in [-0.39, 0.29) is 17.1 Å². The molecule has 0 aliphatic rings. The van der Waals surface area contributed by atoms with Crippen molar-refractivity contribution >= 4 is 11.5 Å². The van der Waals surface area contributed by atoms with E-state index in [2.05, 4.69) is 19.2 Å². The van der Waals surface area contributed by atoms with Gasteiger partial charge in [0.25, 0.3) is 5.56 Å². The molecule has 0 amide bonds. The maximum absolute atomic E-state index is 12.2. The van der Waals surface area contributed by atoms with Crippen molar-refractivity contribution in [3.8, 4) is 0 Å². The van der Waals surface area contributed by atoms with Crippen molar-refractivity contribution in [1.29, 1.82) is 0 Å². The molecule has 0 bridgehead atoms. The maximum Gasteiger partial charge on any atom is 0.332 e. The van der Waals surface area contributed by atoms with Crippen LogP contribution in [0.1, 0.15) is 40.0 Å². The quantitative estimate of drug-likeness (QED) is 0.791. The van der Waals surface area contributed by atoms with Crippen LogP contribution in [0.15, 0.2) is 9.59 Å². The minimum Gasteiger partial charge on any atom is -0.383 e. The van der Waals surface area contributed by atoms with Gasteiger partial charge >= 0.3 is 5.69 Å². The molecule has 3 N–H and O–H groups in total. The average Bonchev–Trinajstić information content (AvgIpc) is 2.45. The Morgan fingerprint density at radius 1 is 1.20 bits per heavy atom. The zero-order chi connectivity index (χ0) is 15.3. The highest BCUT2D eigenvalue weighted by Crippen LogP contribution is 2.14. The lowest BCUT2D eigenvalue weighted by Gasteiger charge is -2.18. The van der Waals surface area contributed by atoms with E-state index in [0.717, 1.165) is 23.8 Å². The van der Waals surface area contributed by atoms with Gasteiger partial charge in [-0.3, -0.25) is 13.9 Å². The topological polar surface area (TPSA) is 82.0 Å². The maximum atomic E-state index is 12.2. The van der Waals surface area contributed by atoms with Gasteiger partial charge in [0.2, 0.25) is 0 Å². The fraction of sp³-hybridized carbons (Fsp3) is 0.714. The van der Waals surface area contributed by atoms with Crippen LogP contribution in [0.3, 0.4) is 0 Å². The number of hydrogen-bond acceptors (Lipinski definition) is 4. The summed E-state index contributed by atoms with van der Waals surface area (Å²) in [5.74, 6) is 0.733. The normalized spacial score (nSPS) is 11.1. The van der Waals surface area contributed by atoms with Crippen molar-refractivity contribution in [2.75, 3.05) is 17.6 Å². The van der Waals surface area contributed by atoms with Crippen molar-refractivity contribution in [2.24, 2.45) is 13.0 Å². The summed E-state index contributed by atoms with van der Waals surface area (Å²) in [6, 6.07) is 0. The Morgan fingerprint density at radius 2 is 1.80 bits per heavy atom. The third-order valence-electron chi connectivity index (χ3n) is 3.75. The number of hydrogen-bond donors (Lipinski definition) is 2. The average molecular weight is 282 g/mol. The van der Waals surface area contributed by atoms with Crippen molar-refractivity contribution < 1.29 is 0 Å². The summed E-state index contributed by atoms with van der Waals surface area (Å²) in [7, 11) is 1.48. The largest absolute Gasteiger partial charge is 0.383 e. The summed E-state index contributed by atoms with van der Waals surface area (Å²) in [5, 5.41) is 3.13. The number of aromatic nitrogens is 2. The second kappa shape index (κ2) is 7.17. The fourth-order valence-corrected chi connectivity index (χ4v) is 2.21. The van der Waals surface area contributed by atoms with E-state index in [1.54, 1.807) is 0 Å². The van der Waals surface area contributed by atoms with Gasteiger partial charge in [0.15, 0.2) is 0 Å². The van der Waals surface area contributed by atoms with Gasteiger partial charge in [-0.15, -0.1) is 0 Å². The minimum atomic E-state index is -0.359. The zero-order valence-electron chi connectivity index (χ0n) is 12.9. The summed E-state index contributed by atoms with van der Waals surface area (Å²) >= 11 is 0. The van der Waals surface area contributed by atoms with Crippen LogP contribution in [-0.2, 0) is 13.6 Å². The van der Waals surface area contributed by atoms with Crippen molar-refractivity contribution in [2.45, 2.75) is 46.6 Å². The lowest BCUT2D eigenvalue weighted by atomic mass is 10.0. The molecular weight excluding hydrogens is 256 g/mol. The van der Waals surface area contributed by atoms with Crippen LogP contribution in [0.4, 0.5) is 11.5 Å². The zero-order valence-corrected chi connectivity index (χ0v) is 12.9. The Morgan fingerprint density at radius 3 is 2.30 bits per heavy atom. The third-order valence-corrected chi connectivity index (χ3v) is 3.75. The molecule has 0 aliphatic carbocycles. The standard InChI is InChI=1S/C14H26N4O2/c1-5-8-18-12(15)11(13(19)17(4)14(18)20)16-9-10(6-2)7-3/h10,16H,5-9,15H2,1-4H3. The van der Waals surface area contributed by atoms with E-state index in [1.807, 2.05) is 6.92 Å². The summed E-state index contributed by atoms with van der Waals surface area (Å²) in [6.45, 7) is 7.41. The highest BCUT2D eigenvalue weighted by atomic mass is 16.2. The number of anilines is 2. The van der Waals surface area contributed by atoms with Crippen molar-refractivity contribution in [3.05, 3.63) is 20.8 Å². The van der Waals surface area contributed by atoms with E-state index in [0.29, 0.717) is 24.7 Å². The summed E-state index contributed by atoms with van der Waals surface area (Å²) in [6.07, 6.45) is 2.87. The van der Waals surface area contributed by atoms with Gasteiger partial charge in [0.1, 0.15) is 11.5 Å². The molecule has 6 heteroatoms. The molecule has 0 unspecified atom stereocenters. The number of rotatable bonds is 7. The Labute approximate surface area is 119 Å². The van der Waals surface area contributed by atoms with Crippen molar-refractivity contribution in [3.63, 3.8) is 0 Å². The van der Waals surface area contributed by atoms with E-state index in [9.17, 15) is 9.59 Å². The van der Waals surface area contributed by atoms with Crippen LogP contribution < -0.4 is 22.3 Å².